The van der Waals surface area contributed by atoms with E-state index in [9.17, 15) is 0 Å². The molecular formula is C26H16N4NiS2. The molecule has 0 amide bonds. The maximum atomic E-state index is 5.45. The molecule has 0 spiro atoms. The van der Waals surface area contributed by atoms with Crippen LogP contribution in [0.25, 0.3) is 21.8 Å². The van der Waals surface area contributed by atoms with Gasteiger partial charge in [-0.05, 0) is 47.5 Å². The third-order valence-electron chi connectivity index (χ3n) is 5.00. The Morgan fingerprint density at radius 2 is 0.970 bits per heavy atom. The van der Waals surface area contributed by atoms with Crippen molar-refractivity contribution in [1.82, 2.24) is 9.97 Å². The predicted octanol–water partition coefficient (Wildman–Crippen LogP) is 6.09. The predicted molar refractivity (Wildman–Crippen MR) is 136 cm³/mol. The molecule has 4 nitrogen and oxygen atoms in total. The minimum Gasteiger partial charge on any atom is -0.760 e. The summed E-state index contributed by atoms with van der Waals surface area (Å²) in [6, 6.07) is 27.5. The molecule has 5 rings (SSSR count). The number of hydrogen-bond donors (Lipinski definition) is 0. The number of aromatic nitrogens is 2. The van der Waals surface area contributed by atoms with E-state index in [4.69, 9.17) is 25.3 Å². The van der Waals surface area contributed by atoms with Crippen LogP contribution < -0.4 is 0 Å². The zero-order valence-electron chi connectivity index (χ0n) is 17.2. The molecule has 0 saturated carbocycles. The van der Waals surface area contributed by atoms with Crippen molar-refractivity contribution in [2.45, 2.75) is 10.1 Å². The van der Waals surface area contributed by atoms with Crippen LogP contribution >= 0.6 is 0 Å². The SMILES string of the molecule is [Ni+2].[S-]c1nc2ccccc2cc1C=Nc1ccccc1N=Cc1cc2ccccc2nc1[S-]. The van der Waals surface area contributed by atoms with Gasteiger partial charge in [0.1, 0.15) is 0 Å². The summed E-state index contributed by atoms with van der Waals surface area (Å²) in [7, 11) is 0. The molecule has 2 aromatic heterocycles. The van der Waals surface area contributed by atoms with Gasteiger partial charge in [0.05, 0.1) is 22.4 Å². The maximum Gasteiger partial charge on any atom is 2.00 e. The summed E-state index contributed by atoms with van der Waals surface area (Å²) in [5.41, 5.74) is 4.80. The molecule has 162 valence electrons. The number of para-hydroxylation sites is 4. The van der Waals surface area contributed by atoms with E-state index in [0.29, 0.717) is 10.1 Å². The van der Waals surface area contributed by atoms with E-state index < -0.39 is 0 Å². The van der Waals surface area contributed by atoms with Gasteiger partial charge in [-0.15, -0.1) is 0 Å². The van der Waals surface area contributed by atoms with Crippen LogP contribution in [-0.2, 0) is 41.7 Å². The van der Waals surface area contributed by atoms with Crippen molar-refractivity contribution in [3.63, 3.8) is 0 Å². The van der Waals surface area contributed by atoms with E-state index in [1.165, 1.54) is 0 Å². The van der Waals surface area contributed by atoms with Gasteiger partial charge in [-0.25, -0.2) is 0 Å². The van der Waals surface area contributed by atoms with E-state index in [1.54, 1.807) is 12.4 Å². The van der Waals surface area contributed by atoms with Gasteiger partial charge in [0.2, 0.25) is 0 Å². The van der Waals surface area contributed by atoms with Gasteiger partial charge in [-0.2, -0.15) is 0 Å². The molecule has 33 heavy (non-hydrogen) atoms. The molecule has 0 saturated heterocycles. The molecule has 7 heteroatoms. The third-order valence-corrected chi connectivity index (χ3v) is 5.65. The molecule has 2 heterocycles. The Kier molecular flexibility index (Phi) is 7.04. The smallest absolute Gasteiger partial charge is 0.760 e. The van der Waals surface area contributed by atoms with E-state index in [1.807, 2.05) is 84.9 Å². The Hall–Kier alpha value is -3.25. The Morgan fingerprint density at radius 1 is 0.576 bits per heavy atom. The van der Waals surface area contributed by atoms with E-state index >= 15 is 0 Å². The molecular weight excluding hydrogens is 491 g/mol. The first-order valence-corrected chi connectivity index (χ1v) is 10.8. The molecule has 0 N–H and O–H groups in total. The van der Waals surface area contributed by atoms with Crippen LogP contribution in [0.3, 0.4) is 0 Å². The Labute approximate surface area is 212 Å². The molecule has 0 aliphatic carbocycles. The van der Waals surface area contributed by atoms with Crippen LogP contribution in [0.4, 0.5) is 11.4 Å². The number of nitrogens with zero attached hydrogens (tertiary/aromatic N) is 4. The number of hydrogen-bond acceptors (Lipinski definition) is 6. The van der Waals surface area contributed by atoms with Crippen LogP contribution in [-0.4, -0.2) is 22.4 Å². The molecule has 0 aliphatic rings. The van der Waals surface area contributed by atoms with Crippen molar-refractivity contribution in [2.24, 2.45) is 9.98 Å². The van der Waals surface area contributed by atoms with Gasteiger partial charge < -0.3 is 25.3 Å². The van der Waals surface area contributed by atoms with Crippen molar-refractivity contribution >= 4 is 70.9 Å². The van der Waals surface area contributed by atoms with Crippen molar-refractivity contribution in [2.75, 3.05) is 0 Å². The average molecular weight is 507 g/mol. The van der Waals surface area contributed by atoms with Gasteiger partial charge in [-0.1, -0.05) is 58.6 Å². The fraction of sp³-hybridized carbons (Fsp3) is 0. The number of benzene rings is 3. The monoisotopic (exact) mass is 506 g/mol. The van der Waals surface area contributed by atoms with E-state index in [2.05, 4.69) is 20.0 Å². The zero-order valence-corrected chi connectivity index (χ0v) is 19.8. The molecule has 0 atom stereocenters. The van der Waals surface area contributed by atoms with Gasteiger partial charge in [0, 0.05) is 23.2 Å². The number of rotatable bonds is 4. The van der Waals surface area contributed by atoms with Gasteiger partial charge >= 0.3 is 16.5 Å². The van der Waals surface area contributed by atoms with Crippen LogP contribution in [0.15, 0.2) is 105 Å². The average Bonchev–Trinajstić information content (AvgIpc) is 2.82. The molecule has 0 radical (unpaired) electrons. The molecule has 0 unspecified atom stereocenters. The fourth-order valence-corrected chi connectivity index (χ4v) is 3.79. The first-order valence-electron chi connectivity index (χ1n) is 9.98. The molecule has 5 aromatic rings. The molecule has 0 bridgehead atoms. The van der Waals surface area contributed by atoms with Gasteiger partial charge in [-0.3, -0.25) is 20.0 Å². The molecule has 0 aliphatic heterocycles. The third kappa shape index (κ3) is 5.06. The first kappa shape index (κ1) is 22.9. The van der Waals surface area contributed by atoms with Gasteiger partial charge in [0.25, 0.3) is 0 Å². The van der Waals surface area contributed by atoms with Crippen molar-refractivity contribution in [3.05, 3.63) is 96.1 Å². The Morgan fingerprint density at radius 3 is 1.42 bits per heavy atom. The summed E-state index contributed by atoms with van der Waals surface area (Å²) in [5, 5.41) is 3.09. The molecule has 3 aromatic carbocycles. The van der Waals surface area contributed by atoms with Crippen molar-refractivity contribution in [3.8, 4) is 0 Å². The Bertz CT molecular complexity index is 1400. The zero-order chi connectivity index (χ0) is 21.9. The van der Waals surface area contributed by atoms with Crippen molar-refractivity contribution < 1.29 is 16.5 Å². The normalized spacial score (nSPS) is 11.4. The minimum atomic E-state index is 0. The van der Waals surface area contributed by atoms with Crippen molar-refractivity contribution in [1.29, 1.82) is 0 Å². The largest absolute Gasteiger partial charge is 2.00 e. The fourth-order valence-electron chi connectivity index (χ4n) is 3.37. The van der Waals surface area contributed by atoms with Crippen LogP contribution in [0.5, 0.6) is 0 Å². The van der Waals surface area contributed by atoms with Gasteiger partial charge in [0.15, 0.2) is 0 Å². The summed E-state index contributed by atoms with van der Waals surface area (Å²) < 4.78 is 0. The maximum absolute atomic E-state index is 5.45. The second-order valence-corrected chi connectivity index (χ2v) is 7.93. The minimum absolute atomic E-state index is 0. The van der Waals surface area contributed by atoms with E-state index in [0.717, 1.165) is 44.3 Å². The standard InChI is InChI=1S/C26H18N4S2.Ni/c31-25-19(13-17-7-1-3-9-21(17)29-25)15-27-23-11-5-6-12-24(23)28-16-20-14-18-8-2-4-10-22(18)30-26(20)32;/h1-16H,(H,29,31)(H,30,32);/q;+2/p-2. The number of aliphatic imine (C=N–C) groups is 2. The van der Waals surface area contributed by atoms with E-state index in [-0.39, 0.29) is 16.5 Å². The summed E-state index contributed by atoms with van der Waals surface area (Å²) in [6.45, 7) is 0. The summed E-state index contributed by atoms with van der Waals surface area (Å²) >= 11 is 10.9. The van der Waals surface area contributed by atoms with Crippen LogP contribution in [0.2, 0.25) is 0 Å². The first-order chi connectivity index (χ1) is 15.7. The summed E-state index contributed by atoms with van der Waals surface area (Å²) in [4.78, 5) is 18.3. The summed E-state index contributed by atoms with van der Waals surface area (Å²) in [5.74, 6) is 0. The van der Waals surface area contributed by atoms with Crippen LogP contribution in [0.1, 0.15) is 11.1 Å². The Balaban J connectivity index is 0.00000259. The second kappa shape index (κ2) is 10.1. The number of fused-ring (bicyclic) bond motifs is 2. The number of pyridine rings is 2. The van der Waals surface area contributed by atoms with Crippen LogP contribution in [0, 0.1) is 0 Å². The molecule has 0 fully saturated rings. The summed E-state index contributed by atoms with van der Waals surface area (Å²) in [6.07, 6.45) is 3.48. The topological polar surface area (TPSA) is 50.5 Å². The quantitative estimate of drug-likeness (QED) is 0.168. The second-order valence-electron chi connectivity index (χ2n) is 7.16.